The molecule has 1 heterocycles. The zero-order valence-corrected chi connectivity index (χ0v) is 19.4. The van der Waals surface area contributed by atoms with Gasteiger partial charge in [0, 0.05) is 12.5 Å². The third kappa shape index (κ3) is 4.34. The number of nitro benzene ring substituents is 1. The fraction of sp³-hybridized carbons (Fsp3) is 0.375. The van der Waals surface area contributed by atoms with Crippen LogP contribution in [-0.2, 0) is 34.0 Å². The van der Waals surface area contributed by atoms with E-state index in [0.29, 0.717) is 5.56 Å². The molecule has 1 fully saturated rings. The molecule has 1 N–H and O–H groups in total. The average Bonchev–Trinajstić information content (AvgIpc) is 3.23. The Kier molecular flexibility index (Phi) is 7.49. The molecule has 2 aromatic rings. The van der Waals surface area contributed by atoms with Gasteiger partial charge in [-0.05, 0) is 31.5 Å². The van der Waals surface area contributed by atoms with Crippen molar-refractivity contribution in [3.63, 3.8) is 0 Å². The minimum atomic E-state index is -2.24. The Morgan fingerprint density at radius 1 is 1.06 bits per heavy atom. The van der Waals surface area contributed by atoms with Crippen LogP contribution in [0.25, 0.3) is 0 Å². The van der Waals surface area contributed by atoms with Crippen molar-refractivity contribution < 1.29 is 37.9 Å². The van der Waals surface area contributed by atoms with E-state index in [2.05, 4.69) is 5.32 Å². The van der Waals surface area contributed by atoms with Gasteiger partial charge < -0.3 is 14.2 Å². The topological polar surface area (TPSA) is 134 Å². The number of carbonyl (C=O) groups excluding carboxylic acids is 3. The molecule has 0 aliphatic carbocycles. The third-order valence-electron chi connectivity index (χ3n) is 5.99. The molecule has 1 saturated heterocycles. The maximum absolute atomic E-state index is 14.5. The van der Waals surface area contributed by atoms with E-state index in [-0.39, 0.29) is 18.8 Å². The second-order valence-electron chi connectivity index (χ2n) is 7.89. The van der Waals surface area contributed by atoms with E-state index in [1.54, 1.807) is 30.3 Å². The molecule has 186 valence electrons. The van der Waals surface area contributed by atoms with Crippen molar-refractivity contribution in [2.45, 2.75) is 37.3 Å². The summed E-state index contributed by atoms with van der Waals surface area (Å²) in [6.07, 6.45) is -0.672. The Bertz CT molecular complexity index is 1120. The SMILES string of the molecule is CCOC(=O)C1(C(=O)OCC)C[C@](C(=O)OC)(c2cc(F)ccc2[N+](=O)[O-])[C@@H](c2ccccc2)N1. The molecule has 3 rings (SSSR count). The van der Waals surface area contributed by atoms with Crippen molar-refractivity contribution in [1.29, 1.82) is 0 Å². The average molecular weight is 488 g/mol. The van der Waals surface area contributed by atoms with Crippen LogP contribution in [0.5, 0.6) is 0 Å². The van der Waals surface area contributed by atoms with Gasteiger partial charge in [-0.3, -0.25) is 20.2 Å². The second-order valence-corrected chi connectivity index (χ2v) is 7.89. The summed E-state index contributed by atoms with van der Waals surface area (Å²) in [7, 11) is 1.06. The van der Waals surface area contributed by atoms with Gasteiger partial charge in [0.15, 0.2) is 0 Å². The fourth-order valence-corrected chi connectivity index (χ4v) is 4.57. The van der Waals surface area contributed by atoms with E-state index >= 15 is 0 Å². The first-order chi connectivity index (χ1) is 16.7. The summed E-state index contributed by atoms with van der Waals surface area (Å²) >= 11 is 0. The molecule has 11 heteroatoms. The van der Waals surface area contributed by atoms with E-state index in [1.165, 1.54) is 13.8 Å². The van der Waals surface area contributed by atoms with Crippen LogP contribution in [0.4, 0.5) is 10.1 Å². The summed E-state index contributed by atoms with van der Waals surface area (Å²) in [6.45, 7) is 2.88. The maximum atomic E-state index is 14.5. The minimum Gasteiger partial charge on any atom is -0.468 e. The Morgan fingerprint density at radius 2 is 1.66 bits per heavy atom. The van der Waals surface area contributed by atoms with Gasteiger partial charge in [-0.2, -0.15) is 0 Å². The van der Waals surface area contributed by atoms with Crippen LogP contribution in [-0.4, -0.2) is 48.7 Å². The third-order valence-corrected chi connectivity index (χ3v) is 5.99. The number of carbonyl (C=O) groups is 3. The van der Waals surface area contributed by atoms with E-state index in [9.17, 15) is 28.9 Å². The summed E-state index contributed by atoms with van der Waals surface area (Å²) in [5, 5.41) is 14.8. The second kappa shape index (κ2) is 10.2. The Balaban J connectivity index is 2.43. The zero-order chi connectivity index (χ0) is 25.8. The Hall–Kier alpha value is -3.86. The van der Waals surface area contributed by atoms with Crippen LogP contribution < -0.4 is 5.32 Å². The lowest BCUT2D eigenvalue weighted by molar-refractivity contribution is -0.386. The molecule has 35 heavy (non-hydrogen) atoms. The van der Waals surface area contributed by atoms with Gasteiger partial charge >= 0.3 is 17.9 Å². The molecule has 0 spiro atoms. The van der Waals surface area contributed by atoms with E-state index in [4.69, 9.17) is 14.2 Å². The molecule has 2 atom stereocenters. The first-order valence-electron chi connectivity index (χ1n) is 10.9. The monoisotopic (exact) mass is 488 g/mol. The summed E-state index contributed by atoms with van der Waals surface area (Å²) in [6, 6.07) is 9.63. The first kappa shape index (κ1) is 25.8. The molecule has 0 aromatic heterocycles. The van der Waals surface area contributed by atoms with Gasteiger partial charge in [-0.15, -0.1) is 0 Å². The predicted octanol–water partition coefficient (Wildman–Crippen LogP) is 2.74. The van der Waals surface area contributed by atoms with Gasteiger partial charge in [-0.25, -0.2) is 14.0 Å². The van der Waals surface area contributed by atoms with Crippen LogP contribution in [0.3, 0.4) is 0 Å². The lowest BCUT2D eigenvalue weighted by Crippen LogP contribution is -2.56. The summed E-state index contributed by atoms with van der Waals surface area (Å²) in [4.78, 5) is 51.2. The fourth-order valence-electron chi connectivity index (χ4n) is 4.57. The smallest absolute Gasteiger partial charge is 0.338 e. The highest BCUT2D eigenvalue weighted by Crippen LogP contribution is 2.53. The largest absolute Gasteiger partial charge is 0.468 e. The molecule has 0 radical (unpaired) electrons. The molecule has 0 saturated carbocycles. The number of hydrogen-bond acceptors (Lipinski definition) is 9. The standard InChI is InChI=1S/C24H25FN2O8/c1-4-34-21(29)24(22(30)35-5-2)14-23(20(28)33-3,19(26-24)15-9-7-6-8-10-15)17-13-16(25)11-12-18(17)27(31)32/h6-13,19,26H,4-5,14H2,1-3H3/t19-,23+/m1/s1. The van der Waals surface area contributed by atoms with Gasteiger partial charge in [0.05, 0.1) is 36.9 Å². The number of nitro groups is 1. The highest BCUT2D eigenvalue weighted by Gasteiger charge is 2.69. The van der Waals surface area contributed by atoms with Crippen molar-refractivity contribution in [3.8, 4) is 0 Å². The van der Waals surface area contributed by atoms with Crippen molar-refractivity contribution in [2.75, 3.05) is 20.3 Å². The maximum Gasteiger partial charge on any atom is 0.338 e. The lowest BCUT2D eigenvalue weighted by atomic mass is 9.69. The zero-order valence-electron chi connectivity index (χ0n) is 19.4. The Morgan fingerprint density at radius 3 is 2.17 bits per heavy atom. The highest BCUT2D eigenvalue weighted by molar-refractivity contribution is 6.07. The number of methoxy groups -OCH3 is 1. The van der Waals surface area contributed by atoms with Crippen LogP contribution in [0, 0.1) is 15.9 Å². The van der Waals surface area contributed by atoms with Crippen molar-refractivity contribution in [3.05, 3.63) is 75.6 Å². The first-order valence-corrected chi connectivity index (χ1v) is 10.9. The molecular formula is C24H25FN2O8. The quantitative estimate of drug-likeness (QED) is 0.196. The van der Waals surface area contributed by atoms with E-state index < -0.39 is 57.8 Å². The van der Waals surface area contributed by atoms with Gasteiger partial charge in [0.2, 0.25) is 5.54 Å². The number of nitrogens with one attached hydrogen (secondary N) is 1. The number of ether oxygens (including phenoxy) is 3. The molecule has 0 amide bonds. The van der Waals surface area contributed by atoms with Gasteiger partial charge in [0.1, 0.15) is 11.2 Å². The summed E-state index contributed by atoms with van der Waals surface area (Å²) < 4.78 is 29.9. The highest BCUT2D eigenvalue weighted by atomic mass is 19.1. The van der Waals surface area contributed by atoms with Crippen LogP contribution >= 0.6 is 0 Å². The minimum absolute atomic E-state index is 0.0942. The number of benzene rings is 2. The van der Waals surface area contributed by atoms with E-state index in [0.717, 1.165) is 25.3 Å². The van der Waals surface area contributed by atoms with Crippen molar-refractivity contribution >= 4 is 23.6 Å². The van der Waals surface area contributed by atoms with Gasteiger partial charge in [-0.1, -0.05) is 30.3 Å². The molecule has 1 aliphatic heterocycles. The molecule has 0 bridgehead atoms. The molecule has 1 aliphatic rings. The van der Waals surface area contributed by atoms with Crippen molar-refractivity contribution in [2.24, 2.45) is 0 Å². The number of rotatable bonds is 8. The predicted molar refractivity (Wildman–Crippen MR) is 120 cm³/mol. The molecular weight excluding hydrogens is 463 g/mol. The van der Waals surface area contributed by atoms with Gasteiger partial charge in [0.25, 0.3) is 5.69 Å². The number of nitrogens with zero attached hydrogens (tertiary/aromatic N) is 1. The lowest BCUT2D eigenvalue weighted by Gasteiger charge is -2.32. The summed E-state index contributed by atoms with van der Waals surface area (Å²) in [5.41, 5.74) is -4.86. The number of halogens is 1. The van der Waals surface area contributed by atoms with E-state index in [1.807, 2.05) is 0 Å². The summed E-state index contributed by atoms with van der Waals surface area (Å²) in [5.74, 6) is -3.94. The molecule has 10 nitrogen and oxygen atoms in total. The van der Waals surface area contributed by atoms with Crippen LogP contribution in [0.1, 0.15) is 37.4 Å². The molecule has 0 unspecified atom stereocenters. The van der Waals surface area contributed by atoms with Crippen LogP contribution in [0.15, 0.2) is 48.5 Å². The number of hydrogen-bond donors (Lipinski definition) is 1. The van der Waals surface area contributed by atoms with Crippen molar-refractivity contribution in [1.82, 2.24) is 5.32 Å². The Labute approximate surface area is 200 Å². The molecule has 2 aromatic carbocycles. The normalized spacial score (nSPS) is 20.6. The van der Waals surface area contributed by atoms with Crippen LogP contribution in [0.2, 0.25) is 0 Å². The number of esters is 3.